The van der Waals surface area contributed by atoms with Crippen LogP contribution in [0.2, 0.25) is 0 Å². The number of fused-ring (bicyclic) bond motifs is 2. The van der Waals surface area contributed by atoms with Crippen LogP contribution < -0.4 is 5.32 Å². The highest BCUT2D eigenvalue weighted by atomic mass is 16.3. The Bertz CT molecular complexity index is 681. The lowest BCUT2D eigenvalue weighted by molar-refractivity contribution is -0.0907. The molecule has 4 heteroatoms. The number of rotatable bonds is 2. The van der Waals surface area contributed by atoms with Crippen LogP contribution in [0.3, 0.4) is 0 Å². The molecule has 4 rings (SSSR count). The second-order valence-corrected chi connectivity index (χ2v) is 6.89. The number of nitrogens with one attached hydrogen (secondary N) is 1. The topological polar surface area (TPSA) is 48.6 Å². The Hall–Kier alpha value is -1.36. The number of hydrogen-bond donors (Lipinski definition) is 2. The van der Waals surface area contributed by atoms with Crippen molar-refractivity contribution < 1.29 is 9.52 Å². The predicted octanol–water partition coefficient (Wildman–Crippen LogP) is 2.29. The molecule has 2 saturated heterocycles. The summed E-state index contributed by atoms with van der Waals surface area (Å²) < 4.78 is 6.04. The van der Waals surface area contributed by atoms with Crippen LogP contribution in [0.15, 0.2) is 28.7 Å². The first-order valence-corrected chi connectivity index (χ1v) is 8.28. The number of likely N-dealkylation sites (tertiary alicyclic amines) is 1. The average molecular weight is 300 g/mol. The first-order chi connectivity index (χ1) is 10.7. The first kappa shape index (κ1) is 14.2. The van der Waals surface area contributed by atoms with Gasteiger partial charge in [-0.15, -0.1) is 0 Å². The van der Waals surface area contributed by atoms with Crippen molar-refractivity contribution in [3.63, 3.8) is 0 Å². The van der Waals surface area contributed by atoms with Crippen LogP contribution >= 0.6 is 0 Å². The van der Waals surface area contributed by atoms with E-state index in [0.29, 0.717) is 5.92 Å². The van der Waals surface area contributed by atoms with Crippen molar-refractivity contribution in [2.75, 3.05) is 26.2 Å². The summed E-state index contributed by atoms with van der Waals surface area (Å²) in [6, 6.07) is 8.23. The quantitative estimate of drug-likeness (QED) is 0.893. The Balaban J connectivity index is 1.52. The van der Waals surface area contributed by atoms with Crippen LogP contribution in [0.25, 0.3) is 11.0 Å². The van der Waals surface area contributed by atoms with Gasteiger partial charge in [0.15, 0.2) is 0 Å². The molecule has 22 heavy (non-hydrogen) atoms. The fourth-order valence-corrected chi connectivity index (χ4v) is 4.02. The molecule has 2 aromatic rings. The van der Waals surface area contributed by atoms with Crippen LogP contribution in [-0.2, 0) is 6.54 Å². The van der Waals surface area contributed by atoms with Crippen LogP contribution in [-0.4, -0.2) is 41.8 Å². The van der Waals surface area contributed by atoms with Gasteiger partial charge in [-0.25, -0.2) is 0 Å². The fourth-order valence-electron chi connectivity index (χ4n) is 4.02. The summed E-state index contributed by atoms with van der Waals surface area (Å²) in [6.45, 7) is 6.74. The van der Waals surface area contributed by atoms with Crippen LogP contribution in [0.4, 0.5) is 0 Å². The van der Waals surface area contributed by atoms with E-state index in [2.05, 4.69) is 29.3 Å². The third-order valence-electron chi connectivity index (χ3n) is 5.53. The molecule has 2 aliphatic rings. The van der Waals surface area contributed by atoms with Gasteiger partial charge >= 0.3 is 0 Å². The second-order valence-electron chi connectivity index (χ2n) is 6.89. The Kier molecular flexibility index (Phi) is 3.48. The molecule has 2 unspecified atom stereocenters. The number of para-hydroxylation sites is 1. The molecule has 1 aromatic carbocycles. The number of piperidine rings is 2. The van der Waals surface area contributed by atoms with Crippen molar-refractivity contribution in [3.05, 3.63) is 35.6 Å². The maximum Gasteiger partial charge on any atom is 0.134 e. The molecular formula is C18H24N2O2. The Morgan fingerprint density at radius 3 is 3.09 bits per heavy atom. The number of aryl methyl sites for hydroxylation is 1. The van der Waals surface area contributed by atoms with Crippen LogP contribution in [0, 0.1) is 12.8 Å². The molecule has 2 atom stereocenters. The largest absolute Gasteiger partial charge is 0.459 e. The van der Waals surface area contributed by atoms with E-state index in [4.69, 9.17) is 4.42 Å². The molecule has 0 bridgehead atoms. The van der Waals surface area contributed by atoms with Gasteiger partial charge in [0.1, 0.15) is 11.3 Å². The highest BCUT2D eigenvalue weighted by Crippen LogP contribution is 2.34. The summed E-state index contributed by atoms with van der Waals surface area (Å²) in [4.78, 5) is 2.43. The zero-order valence-corrected chi connectivity index (χ0v) is 13.1. The lowest BCUT2D eigenvalue weighted by atomic mass is 9.76. The maximum atomic E-state index is 10.8. The minimum absolute atomic E-state index is 0.333. The van der Waals surface area contributed by atoms with Crippen molar-refractivity contribution in [1.82, 2.24) is 10.2 Å². The van der Waals surface area contributed by atoms with E-state index in [1.807, 2.05) is 12.1 Å². The summed E-state index contributed by atoms with van der Waals surface area (Å²) in [5.41, 5.74) is 1.77. The number of benzene rings is 1. The van der Waals surface area contributed by atoms with Gasteiger partial charge in [0.25, 0.3) is 0 Å². The number of hydrogen-bond acceptors (Lipinski definition) is 4. The molecule has 3 heterocycles. The molecule has 2 aliphatic heterocycles. The van der Waals surface area contributed by atoms with E-state index in [1.54, 1.807) is 0 Å². The van der Waals surface area contributed by atoms with Crippen molar-refractivity contribution in [1.29, 1.82) is 0 Å². The molecular weight excluding hydrogens is 276 g/mol. The van der Waals surface area contributed by atoms with Gasteiger partial charge in [0.05, 0.1) is 12.1 Å². The number of aliphatic hydroxyl groups is 1. The van der Waals surface area contributed by atoms with Crippen molar-refractivity contribution in [3.8, 4) is 0 Å². The Morgan fingerprint density at radius 2 is 2.23 bits per heavy atom. The minimum Gasteiger partial charge on any atom is -0.459 e. The maximum absolute atomic E-state index is 10.8. The van der Waals surface area contributed by atoms with Gasteiger partial charge < -0.3 is 14.8 Å². The molecule has 0 saturated carbocycles. The zero-order valence-electron chi connectivity index (χ0n) is 13.1. The average Bonchev–Trinajstić information content (AvgIpc) is 2.84. The van der Waals surface area contributed by atoms with Gasteiger partial charge in [-0.2, -0.15) is 0 Å². The molecule has 2 N–H and O–H groups in total. The zero-order chi connectivity index (χ0) is 15.2. The van der Waals surface area contributed by atoms with E-state index in [9.17, 15) is 5.11 Å². The Morgan fingerprint density at radius 1 is 1.36 bits per heavy atom. The first-order valence-electron chi connectivity index (χ1n) is 8.28. The summed E-state index contributed by atoms with van der Waals surface area (Å²) in [5.74, 6) is 1.40. The van der Waals surface area contributed by atoms with Gasteiger partial charge in [-0.05, 0) is 37.9 Å². The van der Waals surface area contributed by atoms with Crippen LogP contribution in [0.5, 0.6) is 0 Å². The fraction of sp³-hybridized carbons (Fsp3) is 0.556. The highest BCUT2D eigenvalue weighted by molar-refractivity contribution is 5.81. The minimum atomic E-state index is -0.454. The third kappa shape index (κ3) is 2.35. The van der Waals surface area contributed by atoms with E-state index < -0.39 is 5.60 Å². The Labute approximate surface area is 131 Å². The van der Waals surface area contributed by atoms with Gasteiger partial charge in [-0.3, -0.25) is 4.90 Å². The van der Waals surface area contributed by atoms with Gasteiger partial charge in [-0.1, -0.05) is 18.2 Å². The van der Waals surface area contributed by atoms with Crippen molar-refractivity contribution in [2.45, 2.75) is 31.9 Å². The SMILES string of the molecule is Cc1c(CN2CCC3(O)CCNCC3C2)oc2ccccc12. The normalized spacial score (nSPS) is 29.6. The number of nitrogens with zero attached hydrogens (tertiary/aromatic N) is 1. The molecule has 1 aromatic heterocycles. The van der Waals surface area contributed by atoms with E-state index in [0.717, 1.165) is 56.9 Å². The molecule has 0 radical (unpaired) electrons. The molecule has 118 valence electrons. The monoisotopic (exact) mass is 300 g/mol. The summed E-state index contributed by atoms with van der Waals surface area (Å²) >= 11 is 0. The van der Waals surface area contributed by atoms with Crippen molar-refractivity contribution >= 4 is 11.0 Å². The second kappa shape index (κ2) is 5.37. The summed E-state index contributed by atoms with van der Waals surface area (Å²) in [6.07, 6.45) is 1.76. The van der Waals surface area contributed by atoms with Gasteiger partial charge in [0, 0.05) is 30.9 Å². The molecule has 0 amide bonds. The predicted molar refractivity (Wildman–Crippen MR) is 86.8 cm³/mol. The smallest absolute Gasteiger partial charge is 0.134 e. The van der Waals surface area contributed by atoms with E-state index in [1.165, 1.54) is 10.9 Å². The molecule has 0 aliphatic carbocycles. The van der Waals surface area contributed by atoms with Crippen molar-refractivity contribution in [2.24, 2.45) is 5.92 Å². The number of furan rings is 1. The van der Waals surface area contributed by atoms with Gasteiger partial charge in [0.2, 0.25) is 0 Å². The molecule has 4 nitrogen and oxygen atoms in total. The summed E-state index contributed by atoms with van der Waals surface area (Å²) in [7, 11) is 0. The molecule has 2 fully saturated rings. The standard InChI is InChI=1S/C18H24N2O2/c1-13-15-4-2-3-5-16(15)22-17(13)12-20-9-7-18(21)6-8-19-10-14(18)11-20/h2-5,14,19,21H,6-12H2,1H3. The lowest BCUT2D eigenvalue weighted by Gasteiger charge is -2.47. The highest BCUT2D eigenvalue weighted by Gasteiger charge is 2.42. The lowest BCUT2D eigenvalue weighted by Crippen LogP contribution is -2.58. The third-order valence-corrected chi connectivity index (χ3v) is 5.53. The van der Waals surface area contributed by atoms with E-state index >= 15 is 0 Å². The summed E-state index contributed by atoms with van der Waals surface area (Å²) in [5, 5.41) is 15.4. The molecule has 0 spiro atoms. The van der Waals surface area contributed by atoms with Crippen LogP contribution in [0.1, 0.15) is 24.2 Å². The van der Waals surface area contributed by atoms with E-state index in [-0.39, 0.29) is 0 Å².